The third kappa shape index (κ3) is 5.13. The topological polar surface area (TPSA) is 107 Å². The van der Waals surface area contributed by atoms with Crippen LogP contribution in [0.1, 0.15) is 21.6 Å². The lowest BCUT2D eigenvalue weighted by Gasteiger charge is -2.12. The minimum atomic E-state index is -4.52. The Hall–Kier alpha value is -3.24. The van der Waals surface area contributed by atoms with Gasteiger partial charge in [0.05, 0.1) is 16.2 Å². The molecule has 0 radical (unpaired) electrons. The standard InChI is InChI=1S/C15H13F3N4O4/c1-9-12(5-11(7-20-9)22(24)25)13(23)21-6-10-3-2-4-19-14(10)26-8-15(16,17)18/h2-5,7H,6,8H2,1H3,(H,21,23). The molecule has 1 N–H and O–H groups in total. The molecule has 26 heavy (non-hydrogen) atoms. The number of carbonyl (C=O) groups is 1. The van der Waals surface area contributed by atoms with Gasteiger partial charge in [-0.25, -0.2) is 4.98 Å². The third-order valence-electron chi connectivity index (χ3n) is 3.19. The Morgan fingerprint density at radius 2 is 2.12 bits per heavy atom. The van der Waals surface area contributed by atoms with Crippen LogP contribution in [-0.4, -0.2) is 33.6 Å². The summed E-state index contributed by atoms with van der Waals surface area (Å²) in [4.78, 5) is 29.8. The van der Waals surface area contributed by atoms with Crippen LogP contribution >= 0.6 is 0 Å². The minimum Gasteiger partial charge on any atom is -0.468 e. The summed E-state index contributed by atoms with van der Waals surface area (Å²) < 4.78 is 41.4. The summed E-state index contributed by atoms with van der Waals surface area (Å²) in [6, 6.07) is 3.99. The number of halogens is 3. The molecular weight excluding hydrogens is 357 g/mol. The SMILES string of the molecule is Cc1ncc([N+](=O)[O-])cc1C(=O)NCc1cccnc1OCC(F)(F)F. The van der Waals surface area contributed by atoms with Gasteiger partial charge in [-0.05, 0) is 13.0 Å². The zero-order chi connectivity index (χ0) is 19.3. The highest BCUT2D eigenvalue weighted by Crippen LogP contribution is 2.20. The Morgan fingerprint density at radius 3 is 2.77 bits per heavy atom. The number of nitrogens with one attached hydrogen (secondary N) is 1. The zero-order valence-electron chi connectivity index (χ0n) is 13.4. The Bertz CT molecular complexity index is 827. The van der Waals surface area contributed by atoms with E-state index < -0.39 is 23.6 Å². The van der Waals surface area contributed by atoms with Crippen molar-refractivity contribution in [3.63, 3.8) is 0 Å². The summed E-state index contributed by atoms with van der Waals surface area (Å²) in [6.07, 6.45) is -2.24. The molecule has 2 heterocycles. The summed E-state index contributed by atoms with van der Waals surface area (Å²) in [5.41, 5.74) is 0.131. The first-order valence-electron chi connectivity index (χ1n) is 7.20. The van der Waals surface area contributed by atoms with E-state index in [9.17, 15) is 28.1 Å². The molecule has 0 fully saturated rings. The van der Waals surface area contributed by atoms with Gasteiger partial charge in [-0.1, -0.05) is 6.07 Å². The number of hydrogen-bond acceptors (Lipinski definition) is 6. The molecule has 1 amide bonds. The summed E-state index contributed by atoms with van der Waals surface area (Å²) in [6.45, 7) is -0.193. The first-order valence-corrected chi connectivity index (χ1v) is 7.20. The predicted molar refractivity (Wildman–Crippen MR) is 82.6 cm³/mol. The van der Waals surface area contributed by atoms with E-state index >= 15 is 0 Å². The molecule has 0 atom stereocenters. The number of pyridine rings is 2. The van der Waals surface area contributed by atoms with Gasteiger partial charge < -0.3 is 10.1 Å². The summed E-state index contributed by atoms with van der Waals surface area (Å²) >= 11 is 0. The maximum Gasteiger partial charge on any atom is 0.422 e. The van der Waals surface area contributed by atoms with Crippen LogP contribution in [0.25, 0.3) is 0 Å². The first-order chi connectivity index (χ1) is 12.2. The number of hydrogen-bond donors (Lipinski definition) is 1. The summed E-state index contributed by atoms with van der Waals surface area (Å²) in [7, 11) is 0. The number of alkyl halides is 3. The third-order valence-corrected chi connectivity index (χ3v) is 3.19. The van der Waals surface area contributed by atoms with Gasteiger partial charge in [0.25, 0.3) is 11.6 Å². The number of nitrogens with zero attached hydrogens (tertiary/aromatic N) is 3. The van der Waals surface area contributed by atoms with Crippen molar-refractivity contribution >= 4 is 11.6 Å². The van der Waals surface area contributed by atoms with Crippen LogP contribution in [-0.2, 0) is 6.54 Å². The molecule has 0 bridgehead atoms. The van der Waals surface area contributed by atoms with Crippen molar-refractivity contribution in [2.75, 3.05) is 6.61 Å². The second-order valence-electron chi connectivity index (χ2n) is 5.14. The first kappa shape index (κ1) is 19.1. The monoisotopic (exact) mass is 370 g/mol. The molecule has 0 aliphatic rings. The van der Waals surface area contributed by atoms with Crippen LogP contribution in [0.5, 0.6) is 5.88 Å². The van der Waals surface area contributed by atoms with E-state index in [1.165, 1.54) is 25.3 Å². The van der Waals surface area contributed by atoms with E-state index in [1.807, 2.05) is 0 Å². The maximum absolute atomic E-state index is 12.3. The molecular formula is C15H13F3N4O4. The fourth-order valence-electron chi connectivity index (χ4n) is 1.96. The fraction of sp³-hybridized carbons (Fsp3) is 0.267. The highest BCUT2D eigenvalue weighted by atomic mass is 19.4. The molecule has 0 saturated carbocycles. The molecule has 138 valence electrons. The molecule has 0 aromatic carbocycles. The number of aryl methyl sites for hydroxylation is 1. The van der Waals surface area contributed by atoms with Gasteiger partial charge in [0, 0.05) is 24.4 Å². The van der Waals surface area contributed by atoms with E-state index in [4.69, 9.17) is 0 Å². The fourth-order valence-corrected chi connectivity index (χ4v) is 1.96. The predicted octanol–water partition coefficient (Wildman–Crippen LogP) is 2.56. The Labute approximate surface area is 145 Å². The van der Waals surface area contributed by atoms with Gasteiger partial charge in [0.2, 0.25) is 5.88 Å². The van der Waals surface area contributed by atoms with Crippen molar-refractivity contribution in [2.45, 2.75) is 19.6 Å². The van der Waals surface area contributed by atoms with Crippen molar-refractivity contribution in [1.29, 1.82) is 0 Å². The molecule has 2 rings (SSSR count). The number of carbonyl (C=O) groups excluding carboxylic acids is 1. The van der Waals surface area contributed by atoms with Gasteiger partial charge in [-0.15, -0.1) is 0 Å². The molecule has 0 saturated heterocycles. The van der Waals surface area contributed by atoms with E-state index in [-0.39, 0.29) is 34.9 Å². The summed E-state index contributed by atoms with van der Waals surface area (Å²) in [5.74, 6) is -0.927. The van der Waals surface area contributed by atoms with E-state index in [1.54, 1.807) is 0 Å². The van der Waals surface area contributed by atoms with Crippen LogP contribution in [0.4, 0.5) is 18.9 Å². The van der Waals surface area contributed by atoms with E-state index in [2.05, 4.69) is 20.0 Å². The van der Waals surface area contributed by atoms with Crippen LogP contribution in [0.3, 0.4) is 0 Å². The molecule has 0 aliphatic carbocycles. The average Bonchev–Trinajstić information content (AvgIpc) is 2.58. The van der Waals surface area contributed by atoms with Crippen molar-refractivity contribution in [3.8, 4) is 5.88 Å². The zero-order valence-corrected chi connectivity index (χ0v) is 13.4. The van der Waals surface area contributed by atoms with Crippen LogP contribution in [0.2, 0.25) is 0 Å². The van der Waals surface area contributed by atoms with Gasteiger partial charge >= 0.3 is 6.18 Å². The van der Waals surface area contributed by atoms with Crippen LogP contribution in [0, 0.1) is 17.0 Å². The maximum atomic E-state index is 12.3. The number of aromatic nitrogens is 2. The number of amides is 1. The largest absolute Gasteiger partial charge is 0.468 e. The smallest absolute Gasteiger partial charge is 0.422 e. The Balaban J connectivity index is 2.11. The van der Waals surface area contributed by atoms with Crippen molar-refractivity contribution in [2.24, 2.45) is 0 Å². The molecule has 0 aliphatic heterocycles. The molecule has 2 aromatic heterocycles. The Morgan fingerprint density at radius 1 is 1.38 bits per heavy atom. The molecule has 11 heteroatoms. The molecule has 0 unspecified atom stereocenters. The van der Waals surface area contributed by atoms with Crippen LogP contribution < -0.4 is 10.1 Å². The van der Waals surface area contributed by atoms with Gasteiger partial charge in [0.1, 0.15) is 6.20 Å². The summed E-state index contributed by atoms with van der Waals surface area (Å²) in [5, 5.41) is 13.2. The quantitative estimate of drug-likeness (QED) is 0.619. The highest BCUT2D eigenvalue weighted by molar-refractivity contribution is 5.95. The van der Waals surface area contributed by atoms with E-state index in [0.29, 0.717) is 0 Å². The van der Waals surface area contributed by atoms with Gasteiger partial charge in [-0.3, -0.25) is 19.9 Å². The number of ether oxygens (including phenoxy) is 1. The average molecular weight is 370 g/mol. The van der Waals surface area contributed by atoms with E-state index in [0.717, 1.165) is 12.3 Å². The normalized spacial score (nSPS) is 11.1. The number of nitro groups is 1. The highest BCUT2D eigenvalue weighted by Gasteiger charge is 2.29. The lowest BCUT2D eigenvalue weighted by atomic mass is 10.1. The number of rotatable bonds is 6. The second kappa shape index (κ2) is 7.76. The van der Waals surface area contributed by atoms with Crippen molar-refractivity contribution < 1.29 is 27.6 Å². The molecule has 8 nitrogen and oxygen atoms in total. The molecule has 0 spiro atoms. The van der Waals surface area contributed by atoms with Gasteiger partial charge in [0.15, 0.2) is 6.61 Å². The van der Waals surface area contributed by atoms with Crippen molar-refractivity contribution in [1.82, 2.24) is 15.3 Å². The van der Waals surface area contributed by atoms with Gasteiger partial charge in [-0.2, -0.15) is 13.2 Å². The lowest BCUT2D eigenvalue weighted by Crippen LogP contribution is -2.25. The van der Waals surface area contributed by atoms with Crippen molar-refractivity contribution in [3.05, 3.63) is 57.5 Å². The minimum absolute atomic E-state index is 0.0131. The molecule has 2 aromatic rings. The Kier molecular flexibility index (Phi) is 5.70. The second-order valence-corrected chi connectivity index (χ2v) is 5.14. The lowest BCUT2D eigenvalue weighted by molar-refractivity contribution is -0.385. The van der Waals surface area contributed by atoms with Crippen LogP contribution in [0.15, 0.2) is 30.6 Å².